The zero-order valence-corrected chi connectivity index (χ0v) is 21.0. The second kappa shape index (κ2) is 12.0. The number of anilines is 2. The van der Waals surface area contributed by atoms with E-state index in [0.717, 1.165) is 0 Å². The second-order valence-corrected chi connectivity index (χ2v) is 11.1. The molecule has 0 spiro atoms. The molecular weight excluding hydrogens is 467 g/mol. The van der Waals surface area contributed by atoms with Crippen molar-refractivity contribution in [3.63, 3.8) is 0 Å². The molecule has 0 amide bonds. The Morgan fingerprint density at radius 1 is 1.29 bits per heavy atom. The van der Waals surface area contributed by atoms with Crippen molar-refractivity contribution in [3.8, 4) is 17.6 Å². The summed E-state index contributed by atoms with van der Waals surface area (Å²) in [5, 5.41) is 26.4. The van der Waals surface area contributed by atoms with Crippen molar-refractivity contribution in [1.82, 2.24) is 0 Å². The first-order valence-electron chi connectivity index (χ1n) is 10.5. The third-order valence-corrected chi connectivity index (χ3v) is 6.18. The van der Waals surface area contributed by atoms with Crippen molar-refractivity contribution in [2.75, 3.05) is 37.6 Å². The normalized spacial score (nSPS) is 11.2. The Labute approximate surface area is 204 Å². The summed E-state index contributed by atoms with van der Waals surface area (Å²) >= 11 is 0. The molecule has 2 rings (SSSR count). The van der Waals surface area contributed by atoms with Crippen molar-refractivity contribution in [2.45, 2.75) is 13.3 Å². The molecule has 0 atom stereocenters. The Bertz CT molecular complexity index is 1290. The molecule has 0 radical (unpaired) electrons. The van der Waals surface area contributed by atoms with Crippen LogP contribution in [-0.2, 0) is 4.57 Å². The number of amidine groups is 1. The summed E-state index contributed by atoms with van der Waals surface area (Å²) in [5.41, 5.74) is 6.64. The van der Waals surface area contributed by atoms with E-state index in [1.54, 1.807) is 44.5 Å². The van der Waals surface area contributed by atoms with E-state index in [1.165, 1.54) is 19.2 Å². The van der Waals surface area contributed by atoms with Gasteiger partial charge < -0.3 is 25.7 Å². The van der Waals surface area contributed by atoms with Crippen LogP contribution in [0.15, 0.2) is 53.5 Å². The van der Waals surface area contributed by atoms with Crippen LogP contribution in [0, 0.1) is 27.4 Å². The summed E-state index contributed by atoms with van der Waals surface area (Å²) in [6, 6.07) is 9.79. The molecular formula is C24H29N6O4P. The van der Waals surface area contributed by atoms with Crippen molar-refractivity contribution >= 4 is 41.3 Å². The summed E-state index contributed by atoms with van der Waals surface area (Å²) in [6.45, 7) is 9.27. The maximum absolute atomic E-state index is 12.7. The van der Waals surface area contributed by atoms with Crippen LogP contribution in [0.1, 0.15) is 18.9 Å². The smallest absolute Gasteiger partial charge is 0.287 e. The molecule has 0 fully saturated rings. The van der Waals surface area contributed by atoms with Gasteiger partial charge in [-0.2, -0.15) is 4.99 Å². The van der Waals surface area contributed by atoms with E-state index in [4.69, 9.17) is 15.9 Å². The van der Waals surface area contributed by atoms with Gasteiger partial charge in [0.25, 0.3) is 5.69 Å². The molecule has 35 heavy (non-hydrogen) atoms. The molecule has 2 aromatic carbocycles. The standard InChI is InChI=1S/C24H29N6O4P/c1-16(2)23(27-18-11-6-7-12-22(18)35(4,5)33)29-24(26)28-19-15-20(30(31)32)17(10-8-9-13-25)14-21(19)34-3/h6-7,11-12,14-15H,1,9,13,25H2,2-5H3,(H3,26,27,28,29). The van der Waals surface area contributed by atoms with E-state index in [2.05, 4.69) is 34.0 Å². The first-order chi connectivity index (χ1) is 16.5. The molecule has 11 heteroatoms. The summed E-state index contributed by atoms with van der Waals surface area (Å²) in [5.74, 6) is 5.71. The van der Waals surface area contributed by atoms with Crippen LogP contribution in [-0.4, -0.2) is 43.7 Å². The fraction of sp³-hybridized carbons (Fsp3) is 0.250. The lowest BCUT2D eigenvalue weighted by Gasteiger charge is -2.17. The Morgan fingerprint density at radius 3 is 2.54 bits per heavy atom. The highest BCUT2D eigenvalue weighted by molar-refractivity contribution is 7.70. The fourth-order valence-corrected chi connectivity index (χ4v) is 4.15. The number of para-hydroxylation sites is 1. The topological polar surface area (TPSA) is 156 Å². The number of benzene rings is 2. The maximum atomic E-state index is 12.7. The average Bonchev–Trinajstić information content (AvgIpc) is 2.78. The van der Waals surface area contributed by atoms with Gasteiger partial charge >= 0.3 is 0 Å². The maximum Gasteiger partial charge on any atom is 0.287 e. The minimum absolute atomic E-state index is 0.172. The van der Waals surface area contributed by atoms with Crippen LogP contribution in [0.3, 0.4) is 0 Å². The van der Waals surface area contributed by atoms with Crippen LogP contribution in [0.5, 0.6) is 5.75 Å². The SMILES string of the molecule is C=C(C)/C(=N\C(=N)Nc1cc([N+](=O)[O-])c(C#CCCN)cc1OC)Nc1ccccc1P(C)(C)=O. The largest absolute Gasteiger partial charge is 0.495 e. The molecule has 0 saturated carbocycles. The Balaban J connectivity index is 2.42. The summed E-state index contributed by atoms with van der Waals surface area (Å²) in [6.07, 6.45) is 0.393. The van der Waals surface area contributed by atoms with Gasteiger partial charge in [-0.15, -0.1) is 0 Å². The molecule has 0 aliphatic heterocycles. The van der Waals surface area contributed by atoms with Gasteiger partial charge in [-0.05, 0) is 38.0 Å². The van der Waals surface area contributed by atoms with Gasteiger partial charge in [-0.1, -0.05) is 30.6 Å². The summed E-state index contributed by atoms with van der Waals surface area (Å²) < 4.78 is 18.0. The van der Waals surface area contributed by atoms with Gasteiger partial charge in [-0.3, -0.25) is 15.5 Å². The van der Waals surface area contributed by atoms with Crippen molar-refractivity contribution in [1.29, 1.82) is 5.41 Å². The van der Waals surface area contributed by atoms with Crippen LogP contribution in [0.4, 0.5) is 17.1 Å². The van der Waals surface area contributed by atoms with Gasteiger partial charge in [0.2, 0.25) is 5.96 Å². The summed E-state index contributed by atoms with van der Waals surface area (Å²) in [4.78, 5) is 15.3. The molecule has 2 aromatic rings. The molecule has 0 bridgehead atoms. The third kappa shape index (κ3) is 7.54. The number of nitro groups is 1. The van der Waals surface area contributed by atoms with Gasteiger partial charge in [-0.25, -0.2) is 0 Å². The van der Waals surface area contributed by atoms with E-state index in [0.29, 0.717) is 29.5 Å². The van der Waals surface area contributed by atoms with Gasteiger partial charge in [0, 0.05) is 30.4 Å². The van der Waals surface area contributed by atoms with Gasteiger partial charge in [0.05, 0.1) is 23.4 Å². The van der Waals surface area contributed by atoms with E-state index < -0.39 is 12.1 Å². The molecule has 0 heterocycles. The second-order valence-electron chi connectivity index (χ2n) is 7.87. The zero-order valence-electron chi connectivity index (χ0n) is 20.1. The number of guanidine groups is 1. The number of hydrogen-bond acceptors (Lipinski definition) is 6. The highest BCUT2D eigenvalue weighted by atomic mass is 31.2. The predicted octanol–water partition coefficient (Wildman–Crippen LogP) is 3.99. The number of hydrogen-bond donors (Lipinski definition) is 4. The van der Waals surface area contributed by atoms with Crippen molar-refractivity contribution < 1.29 is 14.2 Å². The Kier molecular flexibility index (Phi) is 9.34. The van der Waals surface area contributed by atoms with Crippen LogP contribution in [0.2, 0.25) is 0 Å². The molecule has 184 valence electrons. The molecule has 10 nitrogen and oxygen atoms in total. The van der Waals surface area contributed by atoms with Gasteiger partial charge in [0.1, 0.15) is 24.3 Å². The molecule has 0 saturated heterocycles. The molecule has 0 aliphatic carbocycles. The number of rotatable bonds is 7. The number of nitrogens with zero attached hydrogens (tertiary/aromatic N) is 2. The Morgan fingerprint density at radius 2 is 1.97 bits per heavy atom. The number of nitrogens with two attached hydrogens (primary N) is 1. The average molecular weight is 497 g/mol. The molecule has 0 aromatic heterocycles. The fourth-order valence-electron chi connectivity index (χ4n) is 2.99. The van der Waals surface area contributed by atoms with Crippen molar-refractivity contribution in [3.05, 3.63) is 64.2 Å². The number of methoxy groups -OCH3 is 1. The lowest BCUT2D eigenvalue weighted by atomic mass is 10.1. The quantitative estimate of drug-likeness (QED) is 0.113. The molecule has 0 unspecified atom stereocenters. The Hall–Kier alpha value is -3.93. The minimum Gasteiger partial charge on any atom is -0.495 e. The van der Waals surface area contributed by atoms with Gasteiger partial charge in [0.15, 0.2) is 0 Å². The molecule has 0 aliphatic rings. The van der Waals surface area contributed by atoms with Crippen LogP contribution < -0.4 is 26.4 Å². The lowest BCUT2D eigenvalue weighted by molar-refractivity contribution is -0.385. The van der Waals surface area contributed by atoms with Crippen LogP contribution >= 0.6 is 7.14 Å². The van der Waals surface area contributed by atoms with Crippen LogP contribution in [0.25, 0.3) is 0 Å². The highest BCUT2D eigenvalue weighted by Crippen LogP contribution is 2.37. The lowest BCUT2D eigenvalue weighted by Crippen LogP contribution is -2.22. The number of aliphatic imine (C=N–C) groups is 1. The molecule has 5 N–H and O–H groups in total. The third-order valence-electron chi connectivity index (χ3n) is 4.63. The first kappa shape index (κ1) is 27.3. The first-order valence-corrected chi connectivity index (χ1v) is 13.1. The highest BCUT2D eigenvalue weighted by Gasteiger charge is 2.20. The number of nitro benzene ring substituents is 1. The zero-order chi connectivity index (χ0) is 26.2. The van der Waals surface area contributed by atoms with E-state index >= 15 is 0 Å². The van der Waals surface area contributed by atoms with E-state index in [-0.39, 0.29) is 34.5 Å². The van der Waals surface area contributed by atoms with E-state index in [1.807, 2.05) is 0 Å². The number of ether oxygens (including phenoxy) is 1. The summed E-state index contributed by atoms with van der Waals surface area (Å²) in [7, 11) is -1.18. The monoisotopic (exact) mass is 496 g/mol. The van der Waals surface area contributed by atoms with E-state index in [9.17, 15) is 14.7 Å². The minimum atomic E-state index is -2.59. The van der Waals surface area contributed by atoms with Crippen molar-refractivity contribution in [2.24, 2.45) is 10.7 Å². The predicted molar refractivity (Wildman–Crippen MR) is 143 cm³/mol. The number of nitrogens with one attached hydrogen (secondary N) is 3.